The highest BCUT2D eigenvalue weighted by molar-refractivity contribution is 5.96. The van der Waals surface area contributed by atoms with Crippen LogP contribution in [0.1, 0.15) is 22.8 Å². The molecule has 6 heteroatoms. The molecule has 1 aromatic rings. The van der Waals surface area contributed by atoms with E-state index in [1.807, 2.05) is 6.92 Å². The summed E-state index contributed by atoms with van der Waals surface area (Å²) in [5.41, 5.74) is 1.31. The van der Waals surface area contributed by atoms with Crippen LogP contribution < -0.4 is 20.1 Å². The maximum absolute atomic E-state index is 12.1. The highest BCUT2D eigenvalue weighted by Gasteiger charge is 2.14. The Hall–Kier alpha value is -2.24. The number of carbonyl (C=O) groups excluding carboxylic acids is 2. The predicted molar refractivity (Wildman–Crippen MR) is 75.3 cm³/mol. The van der Waals surface area contributed by atoms with E-state index in [2.05, 4.69) is 10.6 Å². The van der Waals surface area contributed by atoms with E-state index in [4.69, 9.17) is 9.47 Å². The quantitative estimate of drug-likeness (QED) is 0.758. The van der Waals surface area contributed by atoms with E-state index in [1.165, 1.54) is 14.0 Å². The third-order valence-corrected chi connectivity index (χ3v) is 2.76. The van der Waals surface area contributed by atoms with Crippen molar-refractivity contribution in [1.82, 2.24) is 10.6 Å². The Morgan fingerprint density at radius 1 is 1.05 bits per heavy atom. The van der Waals surface area contributed by atoms with Crippen LogP contribution in [0.25, 0.3) is 0 Å². The Bertz CT molecular complexity index is 500. The lowest BCUT2D eigenvalue weighted by molar-refractivity contribution is -0.118. The maximum Gasteiger partial charge on any atom is 0.251 e. The summed E-state index contributed by atoms with van der Waals surface area (Å²) in [5.74, 6) is 0.750. The van der Waals surface area contributed by atoms with Gasteiger partial charge in [0.2, 0.25) is 5.91 Å². The lowest BCUT2D eigenvalue weighted by atomic mass is 10.1. The molecule has 20 heavy (non-hydrogen) atoms. The average Bonchev–Trinajstić information content (AvgIpc) is 2.42. The first-order valence-electron chi connectivity index (χ1n) is 6.24. The van der Waals surface area contributed by atoms with Crippen LogP contribution in [-0.4, -0.2) is 39.1 Å². The molecule has 0 aliphatic carbocycles. The van der Waals surface area contributed by atoms with Crippen LogP contribution in [0.3, 0.4) is 0 Å². The van der Waals surface area contributed by atoms with Crippen LogP contribution in [0.15, 0.2) is 12.1 Å². The molecule has 0 atom stereocenters. The van der Waals surface area contributed by atoms with Gasteiger partial charge in [-0.1, -0.05) is 0 Å². The number of aryl methyl sites for hydroxylation is 1. The summed E-state index contributed by atoms with van der Waals surface area (Å²) >= 11 is 0. The van der Waals surface area contributed by atoms with Gasteiger partial charge in [-0.15, -0.1) is 0 Å². The van der Waals surface area contributed by atoms with Gasteiger partial charge in [0.25, 0.3) is 5.91 Å². The molecule has 0 aliphatic heterocycles. The number of methoxy groups -OCH3 is 2. The molecule has 1 rings (SSSR count). The summed E-state index contributed by atoms with van der Waals surface area (Å²) < 4.78 is 10.3. The second-order valence-electron chi connectivity index (χ2n) is 4.26. The van der Waals surface area contributed by atoms with Crippen molar-refractivity contribution in [3.05, 3.63) is 23.3 Å². The van der Waals surface area contributed by atoms with Crippen LogP contribution in [0.4, 0.5) is 0 Å². The summed E-state index contributed by atoms with van der Waals surface area (Å²) in [5, 5.41) is 5.34. The fourth-order valence-electron chi connectivity index (χ4n) is 1.74. The number of hydrogen-bond acceptors (Lipinski definition) is 4. The molecule has 6 nitrogen and oxygen atoms in total. The number of benzene rings is 1. The average molecular weight is 280 g/mol. The molecule has 0 aliphatic rings. The molecule has 0 unspecified atom stereocenters. The summed E-state index contributed by atoms with van der Waals surface area (Å²) in [6.07, 6.45) is 0. The van der Waals surface area contributed by atoms with Crippen molar-refractivity contribution in [1.29, 1.82) is 0 Å². The predicted octanol–water partition coefficient (Wildman–Crippen LogP) is 0.878. The zero-order chi connectivity index (χ0) is 15.1. The van der Waals surface area contributed by atoms with Gasteiger partial charge in [0, 0.05) is 25.6 Å². The van der Waals surface area contributed by atoms with Gasteiger partial charge in [0.15, 0.2) is 11.5 Å². The van der Waals surface area contributed by atoms with Crippen molar-refractivity contribution in [2.45, 2.75) is 13.8 Å². The van der Waals surface area contributed by atoms with E-state index in [0.29, 0.717) is 30.2 Å². The number of hydrogen-bond donors (Lipinski definition) is 2. The van der Waals surface area contributed by atoms with Crippen molar-refractivity contribution in [2.24, 2.45) is 0 Å². The van der Waals surface area contributed by atoms with Gasteiger partial charge in [-0.25, -0.2) is 0 Å². The SMILES string of the molecule is COc1cc(C)c(C(=O)NCCNC(C)=O)cc1OC. The first-order valence-corrected chi connectivity index (χ1v) is 6.24. The molecule has 2 amide bonds. The molecule has 2 N–H and O–H groups in total. The normalized spacial score (nSPS) is 9.80. The van der Waals surface area contributed by atoms with Crippen LogP contribution in [0.5, 0.6) is 11.5 Å². The molecule has 0 aromatic heterocycles. The Labute approximate surface area is 118 Å². The van der Waals surface area contributed by atoms with Crippen molar-refractivity contribution in [2.75, 3.05) is 27.3 Å². The van der Waals surface area contributed by atoms with Gasteiger partial charge in [-0.2, -0.15) is 0 Å². The number of ether oxygens (including phenoxy) is 2. The van der Waals surface area contributed by atoms with E-state index in [-0.39, 0.29) is 11.8 Å². The molecule has 0 bridgehead atoms. The van der Waals surface area contributed by atoms with Gasteiger partial charge in [-0.3, -0.25) is 9.59 Å². The third kappa shape index (κ3) is 4.15. The molecular weight excluding hydrogens is 260 g/mol. The van der Waals surface area contributed by atoms with Gasteiger partial charge in [-0.05, 0) is 24.6 Å². The van der Waals surface area contributed by atoms with Gasteiger partial charge in [0.05, 0.1) is 14.2 Å². The van der Waals surface area contributed by atoms with Gasteiger partial charge in [0.1, 0.15) is 0 Å². The molecular formula is C14H20N2O4. The second-order valence-corrected chi connectivity index (χ2v) is 4.26. The van der Waals surface area contributed by atoms with Crippen LogP contribution in [-0.2, 0) is 4.79 Å². The maximum atomic E-state index is 12.1. The third-order valence-electron chi connectivity index (χ3n) is 2.76. The molecule has 0 radical (unpaired) electrons. The first-order chi connectivity index (χ1) is 9.49. The Kier molecular flexibility index (Phi) is 5.83. The van der Waals surface area contributed by atoms with Gasteiger partial charge < -0.3 is 20.1 Å². The van der Waals surface area contributed by atoms with Crippen molar-refractivity contribution in [3.8, 4) is 11.5 Å². The van der Waals surface area contributed by atoms with E-state index < -0.39 is 0 Å². The molecule has 1 aromatic carbocycles. The monoisotopic (exact) mass is 280 g/mol. The minimum Gasteiger partial charge on any atom is -0.493 e. The van der Waals surface area contributed by atoms with Crippen molar-refractivity contribution >= 4 is 11.8 Å². The topological polar surface area (TPSA) is 76.7 Å². The van der Waals surface area contributed by atoms with Crippen LogP contribution in [0.2, 0.25) is 0 Å². The van der Waals surface area contributed by atoms with Crippen LogP contribution in [0, 0.1) is 6.92 Å². The summed E-state index contributed by atoms with van der Waals surface area (Å²) in [6.45, 7) is 4.02. The minimum absolute atomic E-state index is 0.124. The summed E-state index contributed by atoms with van der Waals surface area (Å²) in [6, 6.07) is 3.39. The zero-order valence-electron chi connectivity index (χ0n) is 12.2. The molecule has 0 fully saturated rings. The molecule has 0 saturated carbocycles. The van der Waals surface area contributed by atoms with E-state index in [9.17, 15) is 9.59 Å². The fraction of sp³-hybridized carbons (Fsp3) is 0.429. The van der Waals surface area contributed by atoms with Gasteiger partial charge >= 0.3 is 0 Å². The largest absolute Gasteiger partial charge is 0.493 e. The molecule has 0 heterocycles. The Morgan fingerprint density at radius 2 is 1.60 bits per heavy atom. The number of amides is 2. The first kappa shape index (κ1) is 15.8. The highest BCUT2D eigenvalue weighted by Crippen LogP contribution is 2.30. The zero-order valence-corrected chi connectivity index (χ0v) is 12.2. The van der Waals surface area contributed by atoms with Crippen LogP contribution >= 0.6 is 0 Å². The second kappa shape index (κ2) is 7.37. The molecule has 0 saturated heterocycles. The van der Waals surface area contributed by atoms with E-state index >= 15 is 0 Å². The van der Waals surface area contributed by atoms with E-state index in [0.717, 1.165) is 5.56 Å². The lowest BCUT2D eigenvalue weighted by Crippen LogP contribution is -2.33. The summed E-state index contributed by atoms with van der Waals surface area (Å²) in [4.78, 5) is 22.8. The highest BCUT2D eigenvalue weighted by atomic mass is 16.5. The Morgan fingerprint density at radius 3 is 2.15 bits per heavy atom. The number of rotatable bonds is 6. The van der Waals surface area contributed by atoms with Crippen molar-refractivity contribution in [3.63, 3.8) is 0 Å². The molecule has 110 valence electrons. The molecule has 0 spiro atoms. The minimum atomic E-state index is -0.214. The van der Waals surface area contributed by atoms with E-state index in [1.54, 1.807) is 19.2 Å². The fourth-order valence-corrected chi connectivity index (χ4v) is 1.74. The number of carbonyl (C=O) groups is 2. The summed E-state index contributed by atoms with van der Waals surface area (Å²) in [7, 11) is 3.07. The van der Waals surface area contributed by atoms with Crippen molar-refractivity contribution < 1.29 is 19.1 Å². The standard InChI is InChI=1S/C14H20N2O4/c1-9-7-12(19-3)13(20-4)8-11(9)14(18)16-6-5-15-10(2)17/h7-8H,5-6H2,1-4H3,(H,15,17)(H,16,18). The smallest absolute Gasteiger partial charge is 0.251 e. The lowest BCUT2D eigenvalue weighted by Gasteiger charge is -2.13. The number of nitrogens with one attached hydrogen (secondary N) is 2. The Balaban J connectivity index is 2.75.